The molecule has 0 aliphatic carbocycles. The molecule has 0 saturated heterocycles. The number of benzene rings is 2. The van der Waals surface area contributed by atoms with Crippen LogP contribution in [0, 0.1) is 13.8 Å². The third-order valence-electron chi connectivity index (χ3n) is 4.22. The highest BCUT2D eigenvalue weighted by Gasteiger charge is 2.19. The molecule has 1 amide bonds. The molecule has 2 aromatic rings. The number of halogens is 1. The minimum absolute atomic E-state index is 0.105. The van der Waals surface area contributed by atoms with Crippen molar-refractivity contribution in [2.45, 2.75) is 33.2 Å². The van der Waals surface area contributed by atoms with Gasteiger partial charge in [0.1, 0.15) is 0 Å². The highest BCUT2D eigenvalue weighted by atomic mass is 35.5. The Morgan fingerprint density at radius 3 is 2.41 bits per heavy atom. The molecule has 146 valence electrons. The number of anilines is 1. The highest BCUT2D eigenvalue weighted by molar-refractivity contribution is 7.92. The van der Waals surface area contributed by atoms with Crippen molar-refractivity contribution in [1.82, 2.24) is 5.32 Å². The Morgan fingerprint density at radius 2 is 1.78 bits per heavy atom. The molecule has 5 nitrogen and oxygen atoms in total. The van der Waals surface area contributed by atoms with Crippen LogP contribution in [0.5, 0.6) is 0 Å². The van der Waals surface area contributed by atoms with Crippen molar-refractivity contribution < 1.29 is 13.2 Å². The second kappa shape index (κ2) is 9.24. The Bertz CT molecular complexity index is 896. The van der Waals surface area contributed by atoms with Gasteiger partial charge in [0.2, 0.25) is 15.9 Å². The summed E-state index contributed by atoms with van der Waals surface area (Å²) in [5.74, 6) is -0.105. The number of amides is 1. The molecular formula is C20H25ClN2O3S. The van der Waals surface area contributed by atoms with E-state index in [4.69, 9.17) is 11.6 Å². The van der Waals surface area contributed by atoms with Crippen molar-refractivity contribution in [3.8, 4) is 0 Å². The molecule has 0 spiro atoms. The Labute approximate surface area is 166 Å². The van der Waals surface area contributed by atoms with Crippen molar-refractivity contribution >= 4 is 33.2 Å². The number of aryl methyl sites for hydroxylation is 2. The van der Waals surface area contributed by atoms with Crippen LogP contribution >= 0.6 is 11.6 Å². The average molecular weight is 409 g/mol. The molecule has 0 aromatic heterocycles. The predicted molar refractivity (Wildman–Crippen MR) is 111 cm³/mol. The quantitative estimate of drug-likeness (QED) is 0.722. The number of carbonyl (C=O) groups is 1. The topological polar surface area (TPSA) is 66.5 Å². The van der Waals surface area contributed by atoms with Crippen molar-refractivity contribution in [2.24, 2.45) is 0 Å². The lowest BCUT2D eigenvalue weighted by atomic mass is 10.1. The maximum Gasteiger partial charge on any atom is 0.232 e. The van der Waals surface area contributed by atoms with Crippen molar-refractivity contribution in [3.05, 3.63) is 64.2 Å². The summed E-state index contributed by atoms with van der Waals surface area (Å²) in [6.07, 6.45) is 1.82. The molecule has 0 atom stereocenters. The van der Waals surface area contributed by atoms with Crippen LogP contribution in [0.15, 0.2) is 42.5 Å². The van der Waals surface area contributed by atoms with Crippen LogP contribution in [0.25, 0.3) is 0 Å². The van der Waals surface area contributed by atoms with Gasteiger partial charge in [-0.2, -0.15) is 0 Å². The minimum Gasteiger partial charge on any atom is -0.352 e. The van der Waals surface area contributed by atoms with Crippen LogP contribution in [0.4, 0.5) is 5.69 Å². The Kier molecular flexibility index (Phi) is 7.27. The zero-order valence-electron chi connectivity index (χ0n) is 15.8. The molecule has 0 heterocycles. The first-order chi connectivity index (χ1) is 12.7. The number of rotatable bonds is 8. The minimum atomic E-state index is -3.47. The van der Waals surface area contributed by atoms with E-state index in [1.807, 2.05) is 38.1 Å². The average Bonchev–Trinajstić information content (AvgIpc) is 2.59. The van der Waals surface area contributed by atoms with Crippen LogP contribution < -0.4 is 9.62 Å². The Morgan fingerprint density at radius 1 is 1.11 bits per heavy atom. The summed E-state index contributed by atoms with van der Waals surface area (Å²) in [6, 6.07) is 13.1. The first-order valence-corrected chi connectivity index (χ1v) is 11.0. The maximum atomic E-state index is 12.2. The fourth-order valence-corrected chi connectivity index (χ4v) is 3.88. The van der Waals surface area contributed by atoms with Crippen LogP contribution in [0.2, 0.25) is 5.02 Å². The van der Waals surface area contributed by atoms with Crippen LogP contribution in [-0.4, -0.2) is 27.1 Å². The maximum absolute atomic E-state index is 12.2. The number of nitrogens with zero attached hydrogens (tertiary/aromatic N) is 1. The number of carbonyl (C=O) groups excluding carboxylic acids is 1. The normalized spacial score (nSPS) is 11.3. The van der Waals surface area contributed by atoms with Crippen molar-refractivity contribution in [1.29, 1.82) is 0 Å². The van der Waals surface area contributed by atoms with Crippen LogP contribution in [-0.2, 0) is 21.4 Å². The zero-order valence-corrected chi connectivity index (χ0v) is 17.4. The largest absolute Gasteiger partial charge is 0.352 e. The van der Waals surface area contributed by atoms with E-state index in [0.717, 1.165) is 17.4 Å². The van der Waals surface area contributed by atoms with Gasteiger partial charge in [-0.05, 0) is 43.5 Å². The molecule has 0 fully saturated rings. The summed E-state index contributed by atoms with van der Waals surface area (Å²) >= 11 is 6.02. The molecule has 27 heavy (non-hydrogen) atoms. The summed E-state index contributed by atoms with van der Waals surface area (Å²) < 4.78 is 25.7. The van der Waals surface area contributed by atoms with Crippen LogP contribution in [0.3, 0.4) is 0 Å². The zero-order chi connectivity index (χ0) is 20.0. The molecule has 0 unspecified atom stereocenters. The molecule has 2 rings (SSSR count). The lowest BCUT2D eigenvalue weighted by molar-refractivity contribution is -0.121. The second-order valence-electron chi connectivity index (χ2n) is 6.63. The van der Waals surface area contributed by atoms with Gasteiger partial charge in [0.25, 0.3) is 0 Å². The summed E-state index contributed by atoms with van der Waals surface area (Å²) in [5, 5.41) is 3.34. The first kappa shape index (κ1) is 21.3. The fourth-order valence-electron chi connectivity index (χ4n) is 2.69. The summed E-state index contributed by atoms with van der Waals surface area (Å²) in [5.41, 5.74) is 3.56. The third kappa shape index (κ3) is 6.56. The van der Waals surface area contributed by atoms with Crippen molar-refractivity contribution in [2.75, 3.05) is 17.1 Å². The molecule has 0 aliphatic heterocycles. The molecule has 0 radical (unpaired) electrons. The predicted octanol–water partition coefficient (Wildman–Crippen LogP) is 3.82. The van der Waals surface area contributed by atoms with E-state index < -0.39 is 10.0 Å². The van der Waals surface area contributed by atoms with Gasteiger partial charge >= 0.3 is 0 Å². The Hall–Kier alpha value is -2.05. The molecule has 7 heteroatoms. The van der Waals surface area contributed by atoms with E-state index in [1.54, 1.807) is 18.2 Å². The van der Waals surface area contributed by atoms with Gasteiger partial charge in [-0.15, -0.1) is 0 Å². The van der Waals surface area contributed by atoms with Gasteiger partial charge in [0.15, 0.2) is 0 Å². The van der Waals surface area contributed by atoms with E-state index in [1.165, 1.54) is 9.87 Å². The van der Waals surface area contributed by atoms with Gasteiger partial charge in [0, 0.05) is 24.5 Å². The standard InChI is InChI=1S/C20H25ClN2O3S/c1-15-6-9-17(10-7-15)14-22-20(24)5-4-12-23(27(3,25)26)19-13-18(21)11-8-16(19)2/h6-11,13H,4-5,12,14H2,1-3H3,(H,22,24). The van der Waals surface area contributed by atoms with E-state index in [9.17, 15) is 13.2 Å². The lowest BCUT2D eigenvalue weighted by Gasteiger charge is -2.24. The summed E-state index contributed by atoms with van der Waals surface area (Å²) in [7, 11) is -3.47. The van der Waals surface area contributed by atoms with Gasteiger partial charge < -0.3 is 5.32 Å². The number of nitrogens with one attached hydrogen (secondary N) is 1. The molecule has 2 aromatic carbocycles. The highest BCUT2D eigenvalue weighted by Crippen LogP contribution is 2.26. The second-order valence-corrected chi connectivity index (χ2v) is 8.98. The van der Waals surface area contributed by atoms with Crippen LogP contribution in [0.1, 0.15) is 29.5 Å². The molecule has 0 bridgehead atoms. The smallest absolute Gasteiger partial charge is 0.232 e. The fraction of sp³-hybridized carbons (Fsp3) is 0.350. The number of hydrogen-bond donors (Lipinski definition) is 1. The molecule has 0 aliphatic rings. The van der Waals surface area contributed by atoms with E-state index in [-0.39, 0.29) is 18.9 Å². The lowest BCUT2D eigenvalue weighted by Crippen LogP contribution is -2.32. The molecule has 1 N–H and O–H groups in total. The summed E-state index contributed by atoms with van der Waals surface area (Å²) in [6.45, 7) is 4.52. The first-order valence-electron chi connectivity index (χ1n) is 8.73. The number of hydrogen-bond acceptors (Lipinski definition) is 3. The van der Waals surface area contributed by atoms with E-state index in [0.29, 0.717) is 23.7 Å². The Balaban J connectivity index is 1.92. The molecule has 0 saturated carbocycles. The van der Waals surface area contributed by atoms with Gasteiger partial charge in [0.05, 0.1) is 11.9 Å². The monoisotopic (exact) mass is 408 g/mol. The SMILES string of the molecule is Cc1ccc(CNC(=O)CCCN(c2cc(Cl)ccc2C)S(C)(=O)=O)cc1. The molecular weight excluding hydrogens is 384 g/mol. The summed E-state index contributed by atoms with van der Waals surface area (Å²) in [4.78, 5) is 12.1. The number of sulfonamides is 1. The third-order valence-corrected chi connectivity index (χ3v) is 5.63. The van der Waals surface area contributed by atoms with E-state index in [2.05, 4.69) is 5.32 Å². The van der Waals surface area contributed by atoms with Crippen molar-refractivity contribution in [3.63, 3.8) is 0 Å². The van der Waals surface area contributed by atoms with Gasteiger partial charge in [-0.1, -0.05) is 47.5 Å². The van der Waals surface area contributed by atoms with Gasteiger partial charge in [-0.25, -0.2) is 8.42 Å². The van der Waals surface area contributed by atoms with Gasteiger partial charge in [-0.3, -0.25) is 9.10 Å². The van der Waals surface area contributed by atoms with E-state index >= 15 is 0 Å².